The molecular formula is C16H22N2O3S. The standard InChI is InChI=1S/C16H22N2O3S/c19-15(21-11-13-5-10-22-12-13)14-3-8-18(9-4-14)16(20)17-6-1-2-7-17/h5,10,12,14H,1-4,6-9,11H2. The van der Waals surface area contributed by atoms with Gasteiger partial charge in [0.1, 0.15) is 6.61 Å². The molecule has 6 heteroatoms. The molecule has 0 saturated carbocycles. The molecule has 2 fully saturated rings. The van der Waals surface area contributed by atoms with Crippen molar-refractivity contribution in [2.24, 2.45) is 5.92 Å². The van der Waals surface area contributed by atoms with E-state index in [1.807, 2.05) is 26.6 Å². The van der Waals surface area contributed by atoms with Crippen molar-refractivity contribution >= 4 is 23.3 Å². The second kappa shape index (κ2) is 7.13. The van der Waals surface area contributed by atoms with Crippen molar-refractivity contribution in [1.82, 2.24) is 9.80 Å². The third kappa shape index (κ3) is 3.61. The van der Waals surface area contributed by atoms with Crippen LogP contribution >= 0.6 is 11.3 Å². The first-order valence-electron chi connectivity index (χ1n) is 7.95. The van der Waals surface area contributed by atoms with E-state index in [4.69, 9.17) is 4.74 Å². The van der Waals surface area contributed by atoms with Gasteiger partial charge in [-0.1, -0.05) is 0 Å². The lowest BCUT2D eigenvalue weighted by Crippen LogP contribution is -2.46. The molecule has 0 aliphatic carbocycles. The SMILES string of the molecule is O=C(OCc1ccsc1)C1CCN(C(=O)N2CCCC2)CC1. The molecule has 3 rings (SSSR count). The summed E-state index contributed by atoms with van der Waals surface area (Å²) in [6.07, 6.45) is 3.64. The Balaban J connectivity index is 1.42. The van der Waals surface area contributed by atoms with Gasteiger partial charge in [-0.05, 0) is 42.5 Å². The Morgan fingerprint density at radius 3 is 2.45 bits per heavy atom. The van der Waals surface area contributed by atoms with Crippen LogP contribution in [0.15, 0.2) is 16.8 Å². The van der Waals surface area contributed by atoms with Gasteiger partial charge in [-0.15, -0.1) is 0 Å². The van der Waals surface area contributed by atoms with Crippen molar-refractivity contribution in [1.29, 1.82) is 0 Å². The zero-order valence-corrected chi connectivity index (χ0v) is 13.5. The maximum atomic E-state index is 12.3. The number of carbonyl (C=O) groups excluding carboxylic acids is 2. The second-order valence-electron chi connectivity index (χ2n) is 5.98. The van der Waals surface area contributed by atoms with Gasteiger partial charge in [0.05, 0.1) is 5.92 Å². The van der Waals surface area contributed by atoms with E-state index in [1.165, 1.54) is 0 Å². The number of amides is 2. The molecule has 0 spiro atoms. The predicted octanol–water partition coefficient (Wildman–Crippen LogP) is 2.72. The highest BCUT2D eigenvalue weighted by atomic mass is 32.1. The summed E-state index contributed by atoms with van der Waals surface area (Å²) in [5, 5.41) is 3.97. The van der Waals surface area contributed by atoms with E-state index >= 15 is 0 Å². The molecular weight excluding hydrogens is 300 g/mol. The van der Waals surface area contributed by atoms with Crippen LogP contribution in [0.4, 0.5) is 4.79 Å². The Bertz CT molecular complexity index is 503. The molecule has 0 aromatic carbocycles. The summed E-state index contributed by atoms with van der Waals surface area (Å²) in [6, 6.07) is 2.11. The number of carbonyl (C=O) groups is 2. The number of thiophene rings is 1. The lowest BCUT2D eigenvalue weighted by atomic mass is 9.97. The van der Waals surface area contributed by atoms with Gasteiger partial charge in [0.15, 0.2) is 0 Å². The molecule has 2 aliphatic heterocycles. The van der Waals surface area contributed by atoms with Crippen molar-refractivity contribution < 1.29 is 14.3 Å². The van der Waals surface area contributed by atoms with Gasteiger partial charge in [0.2, 0.25) is 0 Å². The molecule has 2 amide bonds. The molecule has 0 unspecified atom stereocenters. The number of hydrogen-bond acceptors (Lipinski definition) is 4. The van der Waals surface area contributed by atoms with Crippen LogP contribution < -0.4 is 0 Å². The minimum Gasteiger partial charge on any atom is -0.461 e. The molecule has 0 radical (unpaired) electrons. The van der Waals surface area contributed by atoms with Crippen molar-refractivity contribution in [3.05, 3.63) is 22.4 Å². The van der Waals surface area contributed by atoms with Crippen LogP contribution in [0.5, 0.6) is 0 Å². The summed E-state index contributed by atoms with van der Waals surface area (Å²) in [7, 11) is 0. The number of hydrogen-bond donors (Lipinski definition) is 0. The Morgan fingerprint density at radius 1 is 1.14 bits per heavy atom. The fourth-order valence-electron chi connectivity index (χ4n) is 3.06. The Hall–Kier alpha value is -1.56. The number of piperidine rings is 1. The van der Waals surface area contributed by atoms with Crippen LogP contribution in [0, 0.1) is 5.92 Å². The Labute approximate surface area is 134 Å². The molecule has 5 nitrogen and oxygen atoms in total. The van der Waals surface area contributed by atoms with Crippen LogP contribution in [-0.4, -0.2) is 48.0 Å². The number of nitrogens with zero attached hydrogens (tertiary/aromatic N) is 2. The quantitative estimate of drug-likeness (QED) is 0.804. The number of ether oxygens (including phenoxy) is 1. The summed E-state index contributed by atoms with van der Waals surface area (Å²) in [5.74, 6) is -0.194. The topological polar surface area (TPSA) is 49.9 Å². The lowest BCUT2D eigenvalue weighted by Gasteiger charge is -2.33. The first-order chi connectivity index (χ1) is 10.7. The van der Waals surface area contributed by atoms with Crippen LogP contribution in [0.25, 0.3) is 0 Å². The molecule has 3 heterocycles. The molecule has 0 atom stereocenters. The minimum absolute atomic E-state index is 0.0683. The van der Waals surface area contributed by atoms with Crippen LogP contribution in [0.2, 0.25) is 0 Å². The van der Waals surface area contributed by atoms with E-state index in [1.54, 1.807) is 11.3 Å². The Kier molecular flexibility index (Phi) is 4.97. The lowest BCUT2D eigenvalue weighted by molar-refractivity contribution is -0.151. The van der Waals surface area contributed by atoms with Crippen LogP contribution in [0.3, 0.4) is 0 Å². The maximum Gasteiger partial charge on any atom is 0.319 e. The summed E-state index contributed by atoms with van der Waals surface area (Å²) in [5.41, 5.74) is 1.04. The van der Waals surface area contributed by atoms with Gasteiger partial charge in [0, 0.05) is 31.7 Å². The van der Waals surface area contributed by atoms with E-state index in [9.17, 15) is 9.59 Å². The van der Waals surface area contributed by atoms with Gasteiger partial charge < -0.3 is 14.5 Å². The van der Waals surface area contributed by atoms with E-state index < -0.39 is 0 Å². The average molecular weight is 322 g/mol. The van der Waals surface area contributed by atoms with Gasteiger partial charge in [0.25, 0.3) is 0 Å². The van der Waals surface area contributed by atoms with Crippen LogP contribution in [0.1, 0.15) is 31.2 Å². The molecule has 1 aromatic rings. The highest BCUT2D eigenvalue weighted by Crippen LogP contribution is 2.21. The first-order valence-corrected chi connectivity index (χ1v) is 8.90. The summed E-state index contributed by atoms with van der Waals surface area (Å²) in [4.78, 5) is 28.2. The van der Waals surface area contributed by atoms with Crippen molar-refractivity contribution in [3.63, 3.8) is 0 Å². The molecule has 2 aliphatic rings. The highest BCUT2D eigenvalue weighted by molar-refractivity contribution is 7.07. The normalized spacial score (nSPS) is 19.5. The predicted molar refractivity (Wildman–Crippen MR) is 84.6 cm³/mol. The largest absolute Gasteiger partial charge is 0.461 e. The van der Waals surface area contributed by atoms with E-state index in [0.717, 1.165) is 31.5 Å². The second-order valence-corrected chi connectivity index (χ2v) is 6.76. The smallest absolute Gasteiger partial charge is 0.319 e. The summed E-state index contributed by atoms with van der Waals surface area (Å²) < 4.78 is 5.38. The van der Waals surface area contributed by atoms with Gasteiger partial charge in [-0.3, -0.25) is 4.79 Å². The van der Waals surface area contributed by atoms with Crippen molar-refractivity contribution in [2.75, 3.05) is 26.2 Å². The summed E-state index contributed by atoms with van der Waals surface area (Å²) in [6.45, 7) is 3.43. The van der Waals surface area contributed by atoms with Crippen LogP contribution in [-0.2, 0) is 16.1 Å². The third-order valence-corrected chi connectivity index (χ3v) is 5.17. The van der Waals surface area contributed by atoms with Crippen molar-refractivity contribution in [2.45, 2.75) is 32.3 Å². The molecule has 120 valence electrons. The van der Waals surface area contributed by atoms with Crippen molar-refractivity contribution in [3.8, 4) is 0 Å². The fourth-order valence-corrected chi connectivity index (χ4v) is 3.72. The Morgan fingerprint density at radius 2 is 1.82 bits per heavy atom. The fraction of sp³-hybridized carbons (Fsp3) is 0.625. The number of urea groups is 1. The van der Waals surface area contributed by atoms with Gasteiger partial charge >= 0.3 is 12.0 Å². The summed E-state index contributed by atoms with van der Waals surface area (Å²) >= 11 is 1.60. The van der Waals surface area contributed by atoms with E-state index in [-0.39, 0.29) is 17.9 Å². The molecule has 0 N–H and O–H groups in total. The highest BCUT2D eigenvalue weighted by Gasteiger charge is 2.31. The molecule has 1 aromatic heterocycles. The number of rotatable bonds is 3. The third-order valence-electron chi connectivity index (χ3n) is 4.44. The average Bonchev–Trinajstić information content (AvgIpc) is 3.25. The monoisotopic (exact) mass is 322 g/mol. The molecule has 22 heavy (non-hydrogen) atoms. The minimum atomic E-state index is -0.125. The van der Waals surface area contributed by atoms with E-state index in [2.05, 4.69) is 0 Å². The zero-order chi connectivity index (χ0) is 15.4. The molecule has 0 bridgehead atoms. The number of likely N-dealkylation sites (tertiary alicyclic amines) is 2. The van der Waals surface area contributed by atoms with Gasteiger partial charge in [-0.2, -0.15) is 11.3 Å². The maximum absolute atomic E-state index is 12.3. The number of esters is 1. The van der Waals surface area contributed by atoms with E-state index in [0.29, 0.717) is 32.5 Å². The molecule has 2 saturated heterocycles. The van der Waals surface area contributed by atoms with Gasteiger partial charge in [-0.25, -0.2) is 4.79 Å². The zero-order valence-electron chi connectivity index (χ0n) is 12.7. The first kappa shape index (κ1) is 15.3.